The first-order chi connectivity index (χ1) is 9.93. The van der Waals surface area contributed by atoms with Crippen LogP contribution in [0.3, 0.4) is 0 Å². The van der Waals surface area contributed by atoms with E-state index in [2.05, 4.69) is 35.2 Å². The van der Waals surface area contributed by atoms with Gasteiger partial charge in [0.05, 0.1) is 0 Å². The van der Waals surface area contributed by atoms with Crippen molar-refractivity contribution >= 4 is 5.57 Å². The minimum atomic E-state index is 1.23. The first kappa shape index (κ1) is 13.9. The van der Waals surface area contributed by atoms with Gasteiger partial charge in [0.25, 0.3) is 0 Å². The van der Waals surface area contributed by atoms with Gasteiger partial charge >= 0.3 is 0 Å². The lowest BCUT2D eigenvalue weighted by molar-refractivity contribution is 0.225. The summed E-state index contributed by atoms with van der Waals surface area (Å²) in [7, 11) is 0. The second-order valence-electron chi connectivity index (χ2n) is 6.28. The van der Waals surface area contributed by atoms with Crippen molar-refractivity contribution < 1.29 is 0 Å². The molecule has 1 nitrogen and oxygen atoms in total. The molecule has 0 amide bonds. The Labute approximate surface area is 123 Å². The van der Waals surface area contributed by atoms with Crippen LogP contribution in [0.15, 0.2) is 30.3 Å². The SMILES string of the molecule is C1=C(CCCCN2CCCCC2)c2ccccc2CC1. The van der Waals surface area contributed by atoms with Gasteiger partial charge in [-0.05, 0) is 81.3 Å². The normalized spacial score (nSPS) is 19.5. The van der Waals surface area contributed by atoms with Crippen molar-refractivity contribution in [3.63, 3.8) is 0 Å². The number of nitrogens with zero attached hydrogens (tertiary/aromatic N) is 1. The second-order valence-corrected chi connectivity index (χ2v) is 6.28. The minimum Gasteiger partial charge on any atom is -0.303 e. The van der Waals surface area contributed by atoms with E-state index < -0.39 is 0 Å². The molecule has 2 aliphatic rings. The van der Waals surface area contributed by atoms with Crippen molar-refractivity contribution in [3.8, 4) is 0 Å². The number of hydrogen-bond acceptors (Lipinski definition) is 1. The largest absolute Gasteiger partial charge is 0.303 e. The van der Waals surface area contributed by atoms with Gasteiger partial charge in [0, 0.05) is 0 Å². The van der Waals surface area contributed by atoms with Gasteiger partial charge in [0.1, 0.15) is 0 Å². The number of piperidine rings is 1. The molecule has 20 heavy (non-hydrogen) atoms. The Kier molecular flexibility index (Phi) is 4.91. The van der Waals surface area contributed by atoms with Gasteiger partial charge in [-0.1, -0.05) is 36.8 Å². The van der Waals surface area contributed by atoms with Crippen molar-refractivity contribution in [2.75, 3.05) is 19.6 Å². The zero-order valence-electron chi connectivity index (χ0n) is 12.6. The molecule has 1 aromatic carbocycles. The molecule has 1 saturated heterocycles. The number of aryl methyl sites for hydroxylation is 1. The summed E-state index contributed by atoms with van der Waals surface area (Å²) in [5, 5.41) is 0. The maximum absolute atomic E-state index is 2.66. The highest BCUT2D eigenvalue weighted by Gasteiger charge is 2.12. The summed E-state index contributed by atoms with van der Waals surface area (Å²) in [6, 6.07) is 8.98. The lowest BCUT2D eigenvalue weighted by Crippen LogP contribution is -2.30. The summed E-state index contributed by atoms with van der Waals surface area (Å²) in [5.74, 6) is 0. The lowest BCUT2D eigenvalue weighted by atomic mass is 9.88. The number of allylic oxidation sites excluding steroid dienone is 2. The number of fused-ring (bicyclic) bond motifs is 1. The molecule has 1 fully saturated rings. The highest BCUT2D eigenvalue weighted by Crippen LogP contribution is 2.29. The molecule has 0 aromatic heterocycles. The molecule has 0 N–H and O–H groups in total. The first-order valence-electron chi connectivity index (χ1n) is 8.43. The summed E-state index contributed by atoms with van der Waals surface area (Å²) in [6.45, 7) is 3.99. The minimum absolute atomic E-state index is 1.23. The van der Waals surface area contributed by atoms with Gasteiger partial charge in [-0.15, -0.1) is 0 Å². The van der Waals surface area contributed by atoms with Gasteiger partial charge in [-0.3, -0.25) is 0 Å². The molecule has 3 rings (SSSR count). The van der Waals surface area contributed by atoms with E-state index in [0.29, 0.717) is 0 Å². The highest BCUT2D eigenvalue weighted by molar-refractivity contribution is 5.69. The number of unbranched alkanes of at least 4 members (excludes halogenated alkanes) is 1. The molecule has 0 saturated carbocycles. The van der Waals surface area contributed by atoms with Crippen LogP contribution in [0.4, 0.5) is 0 Å². The number of rotatable bonds is 5. The molecule has 0 bridgehead atoms. The maximum atomic E-state index is 2.66. The average molecular weight is 269 g/mol. The molecule has 1 heteroatoms. The van der Waals surface area contributed by atoms with Gasteiger partial charge in [0.15, 0.2) is 0 Å². The fourth-order valence-electron chi connectivity index (χ4n) is 3.63. The predicted octanol–water partition coefficient (Wildman–Crippen LogP) is 4.67. The molecular weight excluding hydrogens is 242 g/mol. The highest BCUT2D eigenvalue weighted by atomic mass is 15.1. The second kappa shape index (κ2) is 7.08. The van der Waals surface area contributed by atoms with E-state index >= 15 is 0 Å². The third-order valence-electron chi connectivity index (χ3n) is 4.79. The Bertz CT molecular complexity index is 455. The molecule has 1 aliphatic heterocycles. The van der Waals surface area contributed by atoms with E-state index in [1.165, 1.54) is 76.6 Å². The Morgan fingerprint density at radius 2 is 1.80 bits per heavy atom. The Morgan fingerprint density at radius 1 is 0.950 bits per heavy atom. The Balaban J connectivity index is 1.45. The first-order valence-corrected chi connectivity index (χ1v) is 8.43. The van der Waals surface area contributed by atoms with Crippen molar-refractivity contribution in [2.45, 2.75) is 51.4 Å². The van der Waals surface area contributed by atoms with Crippen molar-refractivity contribution in [3.05, 3.63) is 41.5 Å². The third kappa shape index (κ3) is 3.52. The fraction of sp³-hybridized carbons (Fsp3) is 0.579. The predicted molar refractivity (Wildman–Crippen MR) is 86.9 cm³/mol. The Hall–Kier alpha value is -1.08. The number of benzene rings is 1. The monoisotopic (exact) mass is 269 g/mol. The zero-order chi connectivity index (χ0) is 13.6. The zero-order valence-corrected chi connectivity index (χ0v) is 12.6. The van der Waals surface area contributed by atoms with Crippen LogP contribution in [-0.2, 0) is 6.42 Å². The number of likely N-dealkylation sites (tertiary alicyclic amines) is 1. The molecule has 1 aromatic rings. The van der Waals surface area contributed by atoms with Crippen molar-refractivity contribution in [1.29, 1.82) is 0 Å². The summed E-state index contributed by atoms with van der Waals surface area (Å²) < 4.78 is 0. The average Bonchev–Trinajstić information content (AvgIpc) is 2.53. The van der Waals surface area contributed by atoms with Crippen molar-refractivity contribution in [1.82, 2.24) is 4.90 Å². The van der Waals surface area contributed by atoms with Gasteiger partial charge in [-0.25, -0.2) is 0 Å². The molecule has 1 heterocycles. The topological polar surface area (TPSA) is 3.24 Å². The van der Waals surface area contributed by atoms with Crippen LogP contribution in [-0.4, -0.2) is 24.5 Å². The lowest BCUT2D eigenvalue weighted by Gasteiger charge is -2.26. The van der Waals surface area contributed by atoms with Gasteiger partial charge in [-0.2, -0.15) is 0 Å². The van der Waals surface area contributed by atoms with Crippen molar-refractivity contribution in [2.24, 2.45) is 0 Å². The maximum Gasteiger partial charge on any atom is -0.00186 e. The van der Waals surface area contributed by atoms with Crippen LogP contribution in [0.2, 0.25) is 0 Å². The fourth-order valence-corrected chi connectivity index (χ4v) is 3.63. The standard InChI is InChI=1S/C19H27N/c1-5-14-20(15-6-1)16-7-4-10-18-12-8-11-17-9-2-3-13-19(17)18/h2-3,9,12-13H,1,4-8,10-11,14-16H2. The van der Waals surface area contributed by atoms with E-state index in [1.807, 2.05) is 0 Å². The van der Waals surface area contributed by atoms with E-state index in [0.717, 1.165) is 0 Å². The summed E-state index contributed by atoms with van der Waals surface area (Å²) >= 11 is 0. The van der Waals surface area contributed by atoms with Crippen LogP contribution >= 0.6 is 0 Å². The summed E-state index contributed by atoms with van der Waals surface area (Å²) in [4.78, 5) is 2.66. The molecule has 0 unspecified atom stereocenters. The van der Waals surface area contributed by atoms with E-state index in [4.69, 9.17) is 0 Å². The molecular formula is C19H27N. The molecule has 0 atom stereocenters. The van der Waals surface area contributed by atoms with Crippen LogP contribution < -0.4 is 0 Å². The summed E-state index contributed by atoms with van der Waals surface area (Å²) in [6.07, 6.45) is 13.2. The Morgan fingerprint density at radius 3 is 2.70 bits per heavy atom. The van der Waals surface area contributed by atoms with Gasteiger partial charge < -0.3 is 4.90 Å². The van der Waals surface area contributed by atoms with Crippen LogP contribution in [0, 0.1) is 0 Å². The van der Waals surface area contributed by atoms with Crippen LogP contribution in [0.1, 0.15) is 56.1 Å². The summed E-state index contributed by atoms with van der Waals surface area (Å²) in [5.41, 5.74) is 4.68. The smallest absolute Gasteiger partial charge is 0.00186 e. The van der Waals surface area contributed by atoms with E-state index in [1.54, 1.807) is 11.1 Å². The quantitative estimate of drug-likeness (QED) is 0.702. The van der Waals surface area contributed by atoms with Gasteiger partial charge in [0.2, 0.25) is 0 Å². The molecule has 0 radical (unpaired) electrons. The number of hydrogen-bond donors (Lipinski definition) is 0. The van der Waals surface area contributed by atoms with E-state index in [-0.39, 0.29) is 0 Å². The van der Waals surface area contributed by atoms with E-state index in [9.17, 15) is 0 Å². The molecule has 0 spiro atoms. The van der Waals surface area contributed by atoms with Crippen LogP contribution in [0.25, 0.3) is 5.57 Å². The molecule has 1 aliphatic carbocycles. The molecule has 108 valence electrons. The van der Waals surface area contributed by atoms with Crippen LogP contribution in [0.5, 0.6) is 0 Å². The third-order valence-corrected chi connectivity index (χ3v) is 4.79.